The van der Waals surface area contributed by atoms with Gasteiger partial charge >= 0.3 is 0 Å². The van der Waals surface area contributed by atoms with Crippen LogP contribution in [0.3, 0.4) is 0 Å². The van der Waals surface area contributed by atoms with Gasteiger partial charge in [0.2, 0.25) is 0 Å². The molecule has 0 aliphatic rings. The quantitative estimate of drug-likeness (QED) is 0.514. The third kappa shape index (κ3) is 3.36. The van der Waals surface area contributed by atoms with E-state index in [0.29, 0.717) is 11.3 Å². The molecule has 1 aromatic carbocycles. The number of benzene rings is 1. The topological polar surface area (TPSA) is 77.5 Å². The van der Waals surface area contributed by atoms with Gasteiger partial charge in [-0.2, -0.15) is 0 Å². The highest BCUT2D eigenvalue weighted by Crippen LogP contribution is 2.22. The summed E-state index contributed by atoms with van der Waals surface area (Å²) in [5, 5.41) is 0. The van der Waals surface area contributed by atoms with E-state index in [1.54, 1.807) is 6.07 Å². The van der Waals surface area contributed by atoms with Crippen molar-refractivity contribution in [3.63, 3.8) is 0 Å². The van der Waals surface area contributed by atoms with Crippen molar-refractivity contribution in [1.82, 2.24) is 5.43 Å². The van der Waals surface area contributed by atoms with Gasteiger partial charge in [-0.3, -0.25) is 10.2 Å². The van der Waals surface area contributed by atoms with E-state index in [-0.39, 0.29) is 6.61 Å². The highest BCUT2D eigenvalue weighted by molar-refractivity contribution is 9.10. The van der Waals surface area contributed by atoms with Crippen LogP contribution in [0.2, 0.25) is 0 Å². The number of hydrogen-bond acceptors (Lipinski definition) is 4. The summed E-state index contributed by atoms with van der Waals surface area (Å²) in [6, 6.07) is 7.28. The van der Waals surface area contributed by atoms with E-state index < -0.39 is 5.91 Å². The number of aryl methyl sites for hydroxylation is 1. The second kappa shape index (κ2) is 5.90. The number of ether oxygens (including phenoxy) is 1. The number of nitrogen functional groups attached to an aromatic ring is 1. The minimum absolute atomic E-state index is 0.249. The summed E-state index contributed by atoms with van der Waals surface area (Å²) in [6.45, 7) is 2.23. The van der Waals surface area contributed by atoms with E-state index in [2.05, 4.69) is 15.9 Å². The maximum absolute atomic E-state index is 11.2. The molecular weight excluding hydrogens is 312 g/mol. The molecule has 3 N–H and O–H groups in total. The van der Waals surface area contributed by atoms with Crippen molar-refractivity contribution in [3.05, 3.63) is 51.9 Å². The van der Waals surface area contributed by atoms with E-state index in [0.717, 1.165) is 15.8 Å². The molecule has 100 valence electrons. The van der Waals surface area contributed by atoms with Gasteiger partial charge in [0, 0.05) is 4.47 Å². The van der Waals surface area contributed by atoms with E-state index in [4.69, 9.17) is 15.0 Å². The third-order valence-corrected chi connectivity index (χ3v) is 3.45. The predicted octanol–water partition coefficient (Wildman–Crippen LogP) is 2.53. The fourth-order valence-corrected chi connectivity index (χ4v) is 1.77. The number of rotatable bonds is 4. The van der Waals surface area contributed by atoms with Crippen molar-refractivity contribution in [2.75, 3.05) is 0 Å². The van der Waals surface area contributed by atoms with Crippen LogP contribution in [-0.4, -0.2) is 5.91 Å². The van der Waals surface area contributed by atoms with E-state index in [1.165, 1.54) is 6.26 Å². The lowest BCUT2D eigenvalue weighted by atomic mass is 10.2. The molecule has 1 amide bonds. The van der Waals surface area contributed by atoms with E-state index >= 15 is 0 Å². The maximum atomic E-state index is 11.2. The van der Waals surface area contributed by atoms with Gasteiger partial charge in [0.1, 0.15) is 24.4 Å². The van der Waals surface area contributed by atoms with Crippen LogP contribution in [0.25, 0.3) is 0 Å². The molecule has 0 atom stereocenters. The van der Waals surface area contributed by atoms with Gasteiger partial charge in [-0.15, -0.1) is 0 Å². The number of carbonyl (C=O) groups is 1. The number of hydrazine groups is 1. The Labute approximate surface area is 118 Å². The average molecular weight is 325 g/mol. The van der Waals surface area contributed by atoms with Crippen LogP contribution < -0.4 is 16.0 Å². The van der Waals surface area contributed by atoms with Crippen molar-refractivity contribution in [2.45, 2.75) is 13.5 Å². The first-order valence-electron chi connectivity index (χ1n) is 5.57. The van der Waals surface area contributed by atoms with E-state index in [9.17, 15) is 4.79 Å². The minimum atomic E-state index is -0.394. The first kappa shape index (κ1) is 13.6. The number of nitrogens with two attached hydrogens (primary N) is 1. The van der Waals surface area contributed by atoms with Crippen molar-refractivity contribution in [2.24, 2.45) is 5.84 Å². The van der Waals surface area contributed by atoms with Crippen molar-refractivity contribution < 1.29 is 13.9 Å². The molecule has 0 fully saturated rings. The number of furan rings is 1. The maximum Gasteiger partial charge on any atom is 0.268 e. The molecule has 0 aliphatic heterocycles. The highest BCUT2D eigenvalue weighted by Gasteiger charge is 2.09. The molecule has 1 aromatic heterocycles. The minimum Gasteiger partial charge on any atom is -0.486 e. The lowest BCUT2D eigenvalue weighted by Gasteiger charge is -2.05. The van der Waals surface area contributed by atoms with Gasteiger partial charge in [-0.1, -0.05) is 15.9 Å². The molecule has 5 nitrogen and oxygen atoms in total. The van der Waals surface area contributed by atoms with Crippen LogP contribution in [0.1, 0.15) is 21.7 Å². The average Bonchev–Trinajstić information content (AvgIpc) is 2.88. The Kier molecular flexibility index (Phi) is 4.24. The SMILES string of the molecule is Cc1cc(OCc2cc(C(=O)NN)co2)ccc1Br. The van der Waals surface area contributed by atoms with Gasteiger partial charge in [0.05, 0.1) is 5.56 Å². The van der Waals surface area contributed by atoms with Crippen LogP contribution in [0.15, 0.2) is 39.4 Å². The van der Waals surface area contributed by atoms with Crippen LogP contribution in [0.5, 0.6) is 5.75 Å². The molecule has 2 rings (SSSR count). The summed E-state index contributed by atoms with van der Waals surface area (Å²) < 4.78 is 11.8. The monoisotopic (exact) mass is 324 g/mol. The van der Waals surface area contributed by atoms with Gasteiger partial charge in [-0.05, 0) is 36.8 Å². The van der Waals surface area contributed by atoms with Crippen molar-refractivity contribution in [3.8, 4) is 5.75 Å². The number of nitrogens with one attached hydrogen (secondary N) is 1. The van der Waals surface area contributed by atoms with Crippen LogP contribution >= 0.6 is 15.9 Å². The fourth-order valence-electron chi connectivity index (χ4n) is 1.52. The van der Waals surface area contributed by atoms with Gasteiger partial charge in [-0.25, -0.2) is 5.84 Å². The second-order valence-electron chi connectivity index (χ2n) is 3.97. The molecule has 0 unspecified atom stereocenters. The smallest absolute Gasteiger partial charge is 0.268 e. The Balaban J connectivity index is 2.00. The Bertz CT molecular complexity index is 595. The molecule has 0 spiro atoms. The molecule has 6 heteroatoms. The molecule has 0 aliphatic carbocycles. The molecule has 19 heavy (non-hydrogen) atoms. The van der Waals surface area contributed by atoms with Gasteiger partial charge < -0.3 is 9.15 Å². The molecule has 0 bridgehead atoms. The first-order chi connectivity index (χ1) is 9.10. The zero-order valence-corrected chi connectivity index (χ0v) is 11.9. The first-order valence-corrected chi connectivity index (χ1v) is 6.37. The summed E-state index contributed by atoms with van der Waals surface area (Å²) in [5.41, 5.74) is 3.49. The number of hydrogen-bond donors (Lipinski definition) is 2. The lowest BCUT2D eigenvalue weighted by molar-refractivity contribution is 0.0953. The molecule has 0 saturated heterocycles. The predicted molar refractivity (Wildman–Crippen MR) is 73.6 cm³/mol. The van der Waals surface area contributed by atoms with Crippen molar-refractivity contribution in [1.29, 1.82) is 0 Å². The van der Waals surface area contributed by atoms with Crippen LogP contribution in [0, 0.1) is 6.92 Å². The van der Waals surface area contributed by atoms with Crippen LogP contribution in [0.4, 0.5) is 0 Å². The van der Waals surface area contributed by atoms with E-state index in [1.807, 2.05) is 30.5 Å². The summed E-state index contributed by atoms with van der Waals surface area (Å²) in [7, 11) is 0. The molecular formula is C13H13BrN2O3. The number of amides is 1. The Morgan fingerprint density at radius 3 is 2.95 bits per heavy atom. The Morgan fingerprint density at radius 1 is 1.47 bits per heavy atom. The molecule has 2 aromatic rings. The Morgan fingerprint density at radius 2 is 2.26 bits per heavy atom. The van der Waals surface area contributed by atoms with Gasteiger partial charge in [0.25, 0.3) is 5.91 Å². The summed E-state index contributed by atoms with van der Waals surface area (Å²) in [4.78, 5) is 11.2. The third-order valence-electron chi connectivity index (χ3n) is 2.56. The largest absolute Gasteiger partial charge is 0.486 e. The number of carbonyl (C=O) groups excluding carboxylic acids is 1. The Hall–Kier alpha value is -1.79. The lowest BCUT2D eigenvalue weighted by Crippen LogP contribution is -2.29. The standard InChI is InChI=1S/C13H13BrN2O3/c1-8-4-10(2-3-12(8)14)19-7-11-5-9(6-18-11)13(17)16-15/h2-6H,7,15H2,1H3,(H,16,17). The number of halogens is 1. The second-order valence-corrected chi connectivity index (χ2v) is 4.83. The molecule has 1 heterocycles. The fraction of sp³-hybridized carbons (Fsp3) is 0.154. The van der Waals surface area contributed by atoms with Crippen LogP contribution in [-0.2, 0) is 6.61 Å². The molecule has 0 radical (unpaired) electrons. The molecule has 0 saturated carbocycles. The summed E-state index contributed by atoms with van der Waals surface area (Å²) >= 11 is 3.42. The highest BCUT2D eigenvalue weighted by atomic mass is 79.9. The van der Waals surface area contributed by atoms with Gasteiger partial charge in [0.15, 0.2) is 0 Å². The summed E-state index contributed by atoms with van der Waals surface area (Å²) in [6.07, 6.45) is 1.34. The zero-order chi connectivity index (χ0) is 13.8. The van der Waals surface area contributed by atoms with Crippen molar-refractivity contribution >= 4 is 21.8 Å². The zero-order valence-electron chi connectivity index (χ0n) is 10.3. The summed E-state index contributed by atoms with van der Waals surface area (Å²) in [5.74, 6) is 5.93. The normalized spacial score (nSPS) is 10.3.